The van der Waals surface area contributed by atoms with Crippen LogP contribution in [0.5, 0.6) is 0 Å². The minimum Gasteiger partial charge on any atom is -0.368 e. The number of nitrogens with zero attached hydrogens (tertiary/aromatic N) is 2. The van der Waals surface area contributed by atoms with Crippen molar-refractivity contribution in [3.05, 3.63) is 70.3 Å². The highest BCUT2D eigenvalue weighted by Gasteiger charge is 2.64. The maximum atomic E-state index is 13.4. The van der Waals surface area contributed by atoms with E-state index in [-0.39, 0.29) is 11.8 Å². The molecule has 3 aliphatic heterocycles. The molecule has 4 atom stereocenters. The Labute approximate surface area is 169 Å². The van der Waals surface area contributed by atoms with Crippen LogP contribution in [0.25, 0.3) is 6.08 Å². The van der Waals surface area contributed by atoms with Crippen LogP contribution >= 0.6 is 15.9 Å². The van der Waals surface area contributed by atoms with E-state index in [2.05, 4.69) is 15.9 Å². The molecule has 2 N–H and O–H groups in total. The van der Waals surface area contributed by atoms with Crippen LogP contribution in [0.15, 0.2) is 59.2 Å². The van der Waals surface area contributed by atoms with Gasteiger partial charge in [0.2, 0.25) is 17.7 Å². The van der Waals surface area contributed by atoms with Crippen molar-refractivity contribution in [3.63, 3.8) is 0 Å². The van der Waals surface area contributed by atoms with Crippen LogP contribution < -0.4 is 10.6 Å². The lowest BCUT2D eigenvalue weighted by Crippen LogP contribution is -2.46. The van der Waals surface area contributed by atoms with Crippen molar-refractivity contribution < 1.29 is 14.4 Å². The summed E-state index contributed by atoms with van der Waals surface area (Å²) in [6, 6.07) is 13.5. The Morgan fingerprint density at radius 1 is 1.00 bits per heavy atom. The van der Waals surface area contributed by atoms with Gasteiger partial charge >= 0.3 is 0 Å². The van der Waals surface area contributed by atoms with Gasteiger partial charge in [-0.1, -0.05) is 46.3 Å². The third-order valence-electron chi connectivity index (χ3n) is 5.82. The van der Waals surface area contributed by atoms with E-state index >= 15 is 0 Å². The van der Waals surface area contributed by atoms with E-state index in [9.17, 15) is 14.4 Å². The number of anilines is 1. The summed E-state index contributed by atoms with van der Waals surface area (Å²) in [5, 5.41) is 0. The summed E-state index contributed by atoms with van der Waals surface area (Å²) in [4.78, 5) is 42.0. The summed E-state index contributed by atoms with van der Waals surface area (Å²) >= 11 is 3.38. The average Bonchev–Trinajstić information content (AvgIpc) is 3.15. The molecule has 3 aliphatic rings. The predicted molar refractivity (Wildman–Crippen MR) is 107 cm³/mol. The maximum absolute atomic E-state index is 13.4. The summed E-state index contributed by atoms with van der Waals surface area (Å²) in [6.45, 7) is 0. The summed E-state index contributed by atoms with van der Waals surface area (Å²) < 4.78 is 0.765. The van der Waals surface area contributed by atoms with Crippen LogP contribution in [0, 0.1) is 11.8 Å². The van der Waals surface area contributed by atoms with E-state index in [0.29, 0.717) is 5.69 Å². The largest absolute Gasteiger partial charge is 0.368 e. The highest BCUT2D eigenvalue weighted by atomic mass is 79.9. The molecule has 7 heteroatoms. The van der Waals surface area contributed by atoms with Crippen molar-refractivity contribution in [2.24, 2.45) is 17.6 Å². The molecule has 3 amide bonds. The Morgan fingerprint density at radius 2 is 1.75 bits per heavy atom. The van der Waals surface area contributed by atoms with E-state index in [4.69, 9.17) is 5.73 Å². The van der Waals surface area contributed by atoms with Crippen molar-refractivity contribution >= 4 is 45.4 Å². The van der Waals surface area contributed by atoms with Gasteiger partial charge in [0.25, 0.3) is 0 Å². The Morgan fingerprint density at radius 3 is 2.50 bits per heavy atom. The fraction of sp³-hybridized carbons (Fsp3) is 0.190. The van der Waals surface area contributed by atoms with Gasteiger partial charge in [-0.15, -0.1) is 0 Å². The predicted octanol–water partition coefficient (Wildman–Crippen LogP) is 2.45. The summed E-state index contributed by atoms with van der Waals surface area (Å²) in [6.07, 6.45) is 3.68. The fourth-order valence-electron chi connectivity index (χ4n) is 4.75. The SMILES string of the molecule is NC(=O)[C@@H]1[C@@H]2C(=O)N(c3cccc(Br)c3)C(=O)[C@@H]2[C@H]2c3ccccc3C=CN12. The number of rotatable bonds is 2. The Balaban J connectivity index is 1.66. The van der Waals surface area contributed by atoms with Crippen LogP contribution in [0.2, 0.25) is 0 Å². The molecular formula is C21H16BrN3O3. The first-order valence-electron chi connectivity index (χ1n) is 8.96. The minimum absolute atomic E-state index is 0.294. The minimum atomic E-state index is -0.854. The molecule has 2 saturated heterocycles. The maximum Gasteiger partial charge on any atom is 0.240 e. The van der Waals surface area contributed by atoms with E-state index in [1.165, 1.54) is 4.90 Å². The van der Waals surface area contributed by atoms with Gasteiger partial charge in [0, 0.05) is 10.7 Å². The molecule has 0 saturated carbocycles. The topological polar surface area (TPSA) is 83.7 Å². The number of imide groups is 1. The molecule has 5 rings (SSSR count). The number of carbonyl (C=O) groups excluding carboxylic acids is 3. The normalized spacial score (nSPS) is 27.6. The number of nitrogens with two attached hydrogens (primary N) is 1. The second kappa shape index (κ2) is 6.04. The van der Waals surface area contributed by atoms with Gasteiger partial charge in [0.15, 0.2) is 0 Å². The zero-order chi connectivity index (χ0) is 19.6. The van der Waals surface area contributed by atoms with Gasteiger partial charge in [0.05, 0.1) is 23.6 Å². The Bertz CT molecular complexity index is 1070. The van der Waals surface area contributed by atoms with Gasteiger partial charge in [0.1, 0.15) is 6.04 Å². The van der Waals surface area contributed by atoms with Gasteiger partial charge in [-0.05, 0) is 35.4 Å². The van der Waals surface area contributed by atoms with Crippen molar-refractivity contribution in [2.45, 2.75) is 12.1 Å². The van der Waals surface area contributed by atoms with E-state index in [1.807, 2.05) is 36.4 Å². The molecule has 0 bridgehead atoms. The molecule has 6 nitrogen and oxygen atoms in total. The number of hydrogen-bond donors (Lipinski definition) is 1. The molecular weight excluding hydrogens is 422 g/mol. The molecule has 2 fully saturated rings. The number of carbonyl (C=O) groups is 3. The molecule has 28 heavy (non-hydrogen) atoms. The van der Waals surface area contributed by atoms with E-state index < -0.39 is 29.8 Å². The Kier molecular flexibility index (Phi) is 3.71. The quantitative estimate of drug-likeness (QED) is 0.731. The molecule has 0 spiro atoms. The second-order valence-corrected chi connectivity index (χ2v) is 8.14. The monoisotopic (exact) mass is 437 g/mol. The average molecular weight is 438 g/mol. The number of amides is 3. The second-order valence-electron chi connectivity index (χ2n) is 7.23. The lowest BCUT2D eigenvalue weighted by Gasteiger charge is -2.34. The van der Waals surface area contributed by atoms with E-state index in [0.717, 1.165) is 15.6 Å². The van der Waals surface area contributed by atoms with Gasteiger partial charge < -0.3 is 10.6 Å². The van der Waals surface area contributed by atoms with Crippen LogP contribution in [0.1, 0.15) is 17.2 Å². The van der Waals surface area contributed by atoms with Crippen molar-refractivity contribution in [1.29, 1.82) is 0 Å². The summed E-state index contributed by atoms with van der Waals surface area (Å²) in [5.74, 6) is -2.73. The Hall–Kier alpha value is -2.93. The smallest absolute Gasteiger partial charge is 0.240 e. The molecule has 140 valence electrons. The lowest BCUT2D eigenvalue weighted by atomic mass is 9.84. The molecule has 0 unspecified atom stereocenters. The molecule has 0 aliphatic carbocycles. The van der Waals surface area contributed by atoms with Crippen LogP contribution in [-0.2, 0) is 14.4 Å². The standard InChI is InChI=1S/C21H16BrN3O3/c22-12-5-3-6-13(10-12)25-20(27)15-16(21(25)28)18(19(23)26)24-9-8-11-4-1-2-7-14(11)17(15)24/h1-10,15-18H,(H2,23,26)/t15-,16+,17+,18-/m0/s1. The lowest BCUT2D eigenvalue weighted by molar-refractivity contribution is -0.129. The van der Waals surface area contributed by atoms with Gasteiger partial charge in [-0.2, -0.15) is 0 Å². The van der Waals surface area contributed by atoms with Gasteiger partial charge in [-0.3, -0.25) is 14.4 Å². The molecule has 0 radical (unpaired) electrons. The van der Waals surface area contributed by atoms with Gasteiger partial charge in [-0.25, -0.2) is 4.90 Å². The van der Waals surface area contributed by atoms with Crippen molar-refractivity contribution in [3.8, 4) is 0 Å². The number of benzene rings is 2. The van der Waals surface area contributed by atoms with E-state index in [1.54, 1.807) is 29.3 Å². The molecule has 3 heterocycles. The van der Waals surface area contributed by atoms with Crippen LogP contribution in [-0.4, -0.2) is 28.7 Å². The third-order valence-corrected chi connectivity index (χ3v) is 6.31. The highest BCUT2D eigenvalue weighted by molar-refractivity contribution is 9.10. The number of fused-ring (bicyclic) bond motifs is 5. The zero-order valence-electron chi connectivity index (χ0n) is 14.7. The first-order chi connectivity index (χ1) is 13.5. The molecule has 2 aromatic rings. The van der Waals surface area contributed by atoms with Crippen molar-refractivity contribution in [2.75, 3.05) is 4.90 Å². The highest BCUT2D eigenvalue weighted by Crippen LogP contribution is 2.53. The van der Waals surface area contributed by atoms with Crippen LogP contribution in [0.4, 0.5) is 5.69 Å². The zero-order valence-corrected chi connectivity index (χ0v) is 16.2. The number of primary amides is 1. The third kappa shape index (κ3) is 2.22. The molecule has 0 aromatic heterocycles. The first-order valence-corrected chi connectivity index (χ1v) is 9.75. The van der Waals surface area contributed by atoms with Crippen molar-refractivity contribution in [1.82, 2.24) is 4.90 Å². The summed E-state index contributed by atoms with van der Waals surface area (Å²) in [7, 11) is 0. The fourth-order valence-corrected chi connectivity index (χ4v) is 5.14. The number of hydrogen-bond acceptors (Lipinski definition) is 4. The number of halogens is 1. The molecule has 2 aromatic carbocycles. The first kappa shape index (κ1) is 17.2. The summed E-state index contributed by atoms with van der Waals surface area (Å²) in [5.41, 5.74) is 8.10. The van der Waals surface area contributed by atoms with Crippen LogP contribution in [0.3, 0.4) is 0 Å².